The van der Waals surface area contributed by atoms with Crippen LogP contribution in [0.4, 0.5) is 5.69 Å². The molecule has 4 nitrogen and oxygen atoms in total. The summed E-state index contributed by atoms with van der Waals surface area (Å²) in [6, 6.07) is 9.30. The first-order valence-electron chi connectivity index (χ1n) is 9.67. The van der Waals surface area contributed by atoms with Gasteiger partial charge in [0.05, 0.1) is 7.11 Å². The molecule has 1 unspecified atom stereocenters. The summed E-state index contributed by atoms with van der Waals surface area (Å²) in [6.45, 7) is 8.69. The van der Waals surface area contributed by atoms with Crippen molar-refractivity contribution in [2.24, 2.45) is 5.92 Å². The monoisotopic (exact) mass is 329 g/mol. The van der Waals surface area contributed by atoms with Crippen LogP contribution in [-0.4, -0.2) is 68.8 Å². The molecule has 0 N–H and O–H groups in total. The zero-order chi connectivity index (χ0) is 16.4. The highest BCUT2D eigenvalue weighted by Gasteiger charge is 2.31. The van der Waals surface area contributed by atoms with Crippen LogP contribution in [0.25, 0.3) is 0 Å². The summed E-state index contributed by atoms with van der Waals surface area (Å²) in [6.07, 6.45) is 5.73. The summed E-state index contributed by atoms with van der Waals surface area (Å²) in [4.78, 5) is 8.00. The number of likely N-dealkylation sites (tertiary alicyclic amines) is 1. The van der Waals surface area contributed by atoms with Crippen LogP contribution in [0.3, 0.4) is 0 Å². The molecular formula is C20H31N3O. The van der Waals surface area contributed by atoms with Crippen LogP contribution < -0.4 is 9.64 Å². The van der Waals surface area contributed by atoms with Crippen LogP contribution in [0, 0.1) is 5.92 Å². The molecule has 1 aliphatic carbocycles. The summed E-state index contributed by atoms with van der Waals surface area (Å²) in [5.41, 5.74) is 1.33. The minimum atomic E-state index is 0.788. The number of piperidine rings is 1. The molecular weight excluding hydrogens is 298 g/mol. The van der Waals surface area contributed by atoms with Gasteiger partial charge in [0.1, 0.15) is 5.75 Å². The van der Waals surface area contributed by atoms with Gasteiger partial charge in [0.25, 0.3) is 0 Å². The second kappa shape index (κ2) is 7.32. The third-order valence-electron chi connectivity index (χ3n) is 5.96. The van der Waals surface area contributed by atoms with E-state index in [9.17, 15) is 0 Å². The van der Waals surface area contributed by atoms with Crippen LogP contribution >= 0.6 is 0 Å². The van der Waals surface area contributed by atoms with E-state index in [0.29, 0.717) is 0 Å². The van der Waals surface area contributed by atoms with Gasteiger partial charge in [-0.1, -0.05) is 0 Å². The van der Waals surface area contributed by atoms with Crippen LogP contribution in [-0.2, 0) is 0 Å². The average molecular weight is 329 g/mol. The topological polar surface area (TPSA) is 19.0 Å². The van der Waals surface area contributed by atoms with Crippen molar-refractivity contribution in [2.45, 2.75) is 31.7 Å². The number of ether oxygens (including phenoxy) is 1. The number of hydrogen-bond donors (Lipinski definition) is 0. The third kappa shape index (κ3) is 3.86. The SMILES string of the molecule is COc1ccc(N2CCN(C3CCCN(CC4CC4)C3)CC2)cc1. The van der Waals surface area contributed by atoms with E-state index < -0.39 is 0 Å². The molecule has 0 bridgehead atoms. The van der Waals surface area contributed by atoms with E-state index in [1.54, 1.807) is 7.11 Å². The highest BCUT2D eigenvalue weighted by molar-refractivity contribution is 5.49. The Morgan fingerprint density at radius 1 is 0.958 bits per heavy atom. The van der Waals surface area contributed by atoms with Crippen molar-refractivity contribution in [3.63, 3.8) is 0 Å². The van der Waals surface area contributed by atoms with Gasteiger partial charge in [0, 0.05) is 51.0 Å². The van der Waals surface area contributed by atoms with Gasteiger partial charge < -0.3 is 14.5 Å². The Hall–Kier alpha value is -1.26. The number of anilines is 1. The fourth-order valence-electron chi connectivity index (χ4n) is 4.30. The summed E-state index contributed by atoms with van der Waals surface area (Å²) in [5.74, 6) is 1.96. The molecule has 1 atom stereocenters. The molecule has 3 fully saturated rings. The lowest BCUT2D eigenvalue weighted by Gasteiger charge is -2.44. The number of nitrogens with zero attached hydrogens (tertiary/aromatic N) is 3. The molecule has 1 aromatic rings. The molecule has 4 heteroatoms. The molecule has 0 aromatic heterocycles. The first kappa shape index (κ1) is 16.2. The lowest BCUT2D eigenvalue weighted by molar-refractivity contribution is 0.0901. The number of methoxy groups -OCH3 is 1. The van der Waals surface area contributed by atoms with Crippen molar-refractivity contribution in [3.05, 3.63) is 24.3 Å². The maximum atomic E-state index is 5.26. The van der Waals surface area contributed by atoms with E-state index in [0.717, 1.165) is 30.8 Å². The van der Waals surface area contributed by atoms with Gasteiger partial charge in [0.2, 0.25) is 0 Å². The van der Waals surface area contributed by atoms with E-state index in [2.05, 4.69) is 39.0 Å². The molecule has 0 radical (unpaired) electrons. The lowest BCUT2D eigenvalue weighted by atomic mass is 10.0. The summed E-state index contributed by atoms with van der Waals surface area (Å²) >= 11 is 0. The maximum absolute atomic E-state index is 5.26. The zero-order valence-electron chi connectivity index (χ0n) is 15.0. The first-order chi connectivity index (χ1) is 11.8. The Balaban J connectivity index is 1.28. The first-order valence-corrected chi connectivity index (χ1v) is 9.67. The Morgan fingerprint density at radius 2 is 1.71 bits per heavy atom. The fourth-order valence-corrected chi connectivity index (χ4v) is 4.30. The molecule has 3 aliphatic rings. The Bertz CT molecular complexity index is 520. The number of piperazine rings is 1. The van der Waals surface area contributed by atoms with Gasteiger partial charge in [-0.25, -0.2) is 0 Å². The van der Waals surface area contributed by atoms with E-state index >= 15 is 0 Å². The van der Waals surface area contributed by atoms with Crippen molar-refractivity contribution in [2.75, 3.05) is 57.8 Å². The summed E-state index contributed by atoms with van der Waals surface area (Å²) in [7, 11) is 1.73. The standard InChI is InChI=1S/C20H31N3O/c1-24-20-8-6-18(7-9-20)22-11-13-23(14-12-22)19-3-2-10-21(16-19)15-17-4-5-17/h6-9,17,19H,2-5,10-16H2,1H3. The van der Waals surface area contributed by atoms with Crippen LogP contribution in [0.1, 0.15) is 25.7 Å². The Morgan fingerprint density at radius 3 is 2.38 bits per heavy atom. The highest BCUT2D eigenvalue weighted by Crippen LogP contribution is 2.31. The van der Waals surface area contributed by atoms with Gasteiger partial charge >= 0.3 is 0 Å². The molecule has 1 aromatic carbocycles. The van der Waals surface area contributed by atoms with Gasteiger partial charge in [-0.15, -0.1) is 0 Å². The molecule has 2 saturated heterocycles. The van der Waals surface area contributed by atoms with Gasteiger partial charge in [-0.3, -0.25) is 4.90 Å². The van der Waals surface area contributed by atoms with Crippen molar-refractivity contribution >= 4 is 5.69 Å². The van der Waals surface area contributed by atoms with E-state index in [4.69, 9.17) is 4.74 Å². The maximum Gasteiger partial charge on any atom is 0.119 e. The highest BCUT2D eigenvalue weighted by atomic mass is 16.5. The van der Waals surface area contributed by atoms with E-state index in [-0.39, 0.29) is 0 Å². The smallest absolute Gasteiger partial charge is 0.119 e. The minimum Gasteiger partial charge on any atom is -0.497 e. The predicted molar refractivity (Wildman–Crippen MR) is 99.0 cm³/mol. The molecule has 2 heterocycles. The van der Waals surface area contributed by atoms with Crippen molar-refractivity contribution in [1.29, 1.82) is 0 Å². The molecule has 132 valence electrons. The van der Waals surface area contributed by atoms with Crippen molar-refractivity contribution in [3.8, 4) is 5.75 Å². The van der Waals surface area contributed by atoms with Crippen LogP contribution in [0.5, 0.6) is 5.75 Å². The second-order valence-corrected chi connectivity index (χ2v) is 7.72. The quantitative estimate of drug-likeness (QED) is 0.827. The van der Waals surface area contributed by atoms with Crippen molar-refractivity contribution < 1.29 is 4.74 Å². The largest absolute Gasteiger partial charge is 0.497 e. The molecule has 2 aliphatic heterocycles. The third-order valence-corrected chi connectivity index (χ3v) is 5.96. The second-order valence-electron chi connectivity index (χ2n) is 7.72. The Kier molecular flexibility index (Phi) is 4.95. The predicted octanol–water partition coefficient (Wildman–Crippen LogP) is 2.69. The lowest BCUT2D eigenvalue weighted by Crippen LogP contribution is -2.55. The van der Waals surface area contributed by atoms with Gasteiger partial charge in [0.15, 0.2) is 0 Å². The minimum absolute atomic E-state index is 0.788. The molecule has 0 spiro atoms. The van der Waals surface area contributed by atoms with Gasteiger partial charge in [-0.05, 0) is 62.4 Å². The molecule has 0 amide bonds. The van der Waals surface area contributed by atoms with E-state index in [1.807, 2.05) is 0 Å². The Labute approximate surface area is 146 Å². The van der Waals surface area contributed by atoms with E-state index in [1.165, 1.54) is 64.1 Å². The van der Waals surface area contributed by atoms with Crippen LogP contribution in [0.15, 0.2) is 24.3 Å². The number of hydrogen-bond acceptors (Lipinski definition) is 4. The number of rotatable bonds is 5. The summed E-state index contributed by atoms with van der Waals surface area (Å²) < 4.78 is 5.26. The fraction of sp³-hybridized carbons (Fsp3) is 0.700. The van der Waals surface area contributed by atoms with Gasteiger partial charge in [-0.2, -0.15) is 0 Å². The zero-order valence-corrected chi connectivity index (χ0v) is 15.0. The normalized spacial score (nSPS) is 26.5. The molecule has 1 saturated carbocycles. The van der Waals surface area contributed by atoms with Crippen LogP contribution in [0.2, 0.25) is 0 Å². The number of benzene rings is 1. The molecule has 4 rings (SSSR count). The average Bonchev–Trinajstić information content (AvgIpc) is 3.46. The summed E-state index contributed by atoms with van der Waals surface area (Å²) in [5, 5.41) is 0. The van der Waals surface area contributed by atoms with Crippen molar-refractivity contribution in [1.82, 2.24) is 9.80 Å². The molecule has 24 heavy (non-hydrogen) atoms.